The van der Waals surface area contributed by atoms with E-state index in [0.717, 1.165) is 25.7 Å². The Kier molecular flexibility index (Phi) is 7.99. The van der Waals surface area contributed by atoms with E-state index in [9.17, 15) is 14.1 Å². The first-order valence-electron chi connectivity index (χ1n) is 14.2. The summed E-state index contributed by atoms with van der Waals surface area (Å²) in [7, 11) is -5.58. The molecule has 0 radical (unpaired) electrons. The molecule has 0 spiro atoms. The third kappa shape index (κ3) is 6.05. The normalized spacial score (nSPS) is 18.1. The second-order valence-electron chi connectivity index (χ2n) is 13.7. The molecule has 1 atom stereocenters. The van der Waals surface area contributed by atoms with Crippen molar-refractivity contribution in [3.05, 3.63) is 51.8 Å². The van der Waals surface area contributed by atoms with Crippen LogP contribution in [0.4, 0.5) is 0 Å². The number of aryl methyl sites for hydroxylation is 2. The molecule has 2 aliphatic carbocycles. The molecular weight excluding hydrogens is 510 g/mol. The molecule has 5 nitrogen and oxygen atoms in total. The SMILES string of the molecule is Cc1oc(S(=O)(CC(=O)Cc2c(CC3CCC3)ccc3c2CCC3)=N[Si](C)(C)C(C)(C)C)cc1C(C)(C)O. The number of hydrogen-bond donors (Lipinski definition) is 1. The predicted octanol–water partition coefficient (Wildman–Crippen LogP) is 7.29. The molecule has 4 rings (SSSR count). The number of aliphatic hydroxyl groups is 1. The molecule has 38 heavy (non-hydrogen) atoms. The van der Waals surface area contributed by atoms with Crippen LogP contribution in [0.5, 0.6) is 0 Å². The van der Waals surface area contributed by atoms with E-state index in [1.165, 1.54) is 41.5 Å². The van der Waals surface area contributed by atoms with Gasteiger partial charge in [-0.25, -0.2) is 4.21 Å². The van der Waals surface area contributed by atoms with Crippen molar-refractivity contribution in [3.63, 3.8) is 0 Å². The van der Waals surface area contributed by atoms with Gasteiger partial charge in [-0.05, 0) is 92.8 Å². The van der Waals surface area contributed by atoms with E-state index in [1.807, 2.05) is 0 Å². The highest BCUT2D eigenvalue weighted by molar-refractivity contribution is 7.95. The van der Waals surface area contributed by atoms with Crippen LogP contribution in [0.1, 0.15) is 93.9 Å². The second kappa shape index (κ2) is 10.4. The summed E-state index contributed by atoms with van der Waals surface area (Å²) in [5, 5.41) is 10.7. The van der Waals surface area contributed by atoms with E-state index in [0.29, 0.717) is 23.7 Å². The first kappa shape index (κ1) is 29.3. The van der Waals surface area contributed by atoms with Gasteiger partial charge in [-0.3, -0.25) is 8.82 Å². The highest BCUT2D eigenvalue weighted by atomic mass is 32.2. The largest absolute Gasteiger partial charge is 0.451 e. The van der Waals surface area contributed by atoms with Crippen LogP contribution in [0.2, 0.25) is 18.1 Å². The van der Waals surface area contributed by atoms with Gasteiger partial charge in [0, 0.05) is 18.1 Å². The number of nitrogens with zero attached hydrogens (tertiary/aromatic N) is 1. The fraction of sp³-hybridized carbons (Fsp3) is 0.645. The Bertz CT molecular complexity index is 1330. The van der Waals surface area contributed by atoms with E-state index in [1.54, 1.807) is 26.8 Å². The van der Waals surface area contributed by atoms with Gasteiger partial charge in [-0.2, -0.15) is 0 Å². The van der Waals surface area contributed by atoms with Gasteiger partial charge >= 0.3 is 0 Å². The lowest BCUT2D eigenvalue weighted by atomic mass is 9.79. The average Bonchev–Trinajstić information content (AvgIpc) is 3.37. The van der Waals surface area contributed by atoms with Crippen LogP contribution in [0.25, 0.3) is 0 Å². The van der Waals surface area contributed by atoms with Crippen molar-refractivity contribution in [1.29, 1.82) is 0 Å². The molecular formula is C31H47NO4SSi. The Hall–Kier alpha value is -1.70. The first-order chi connectivity index (χ1) is 17.5. The number of benzene rings is 1. The Labute approximate surface area is 231 Å². The lowest BCUT2D eigenvalue weighted by molar-refractivity contribution is -0.116. The van der Waals surface area contributed by atoms with Gasteiger partial charge in [0.1, 0.15) is 15.5 Å². The van der Waals surface area contributed by atoms with Gasteiger partial charge in [0.2, 0.25) is 0 Å². The van der Waals surface area contributed by atoms with Gasteiger partial charge in [-0.1, -0.05) is 52.2 Å². The summed E-state index contributed by atoms with van der Waals surface area (Å²) in [6, 6.07) is 6.18. The molecule has 2 aromatic rings. The molecule has 7 heteroatoms. The molecule has 0 bridgehead atoms. The van der Waals surface area contributed by atoms with Gasteiger partial charge in [-0.15, -0.1) is 0 Å². The molecule has 1 aromatic heterocycles. The summed E-state index contributed by atoms with van der Waals surface area (Å²) in [5.41, 5.74) is 4.64. The van der Waals surface area contributed by atoms with E-state index in [4.69, 9.17) is 8.45 Å². The van der Waals surface area contributed by atoms with Crippen LogP contribution in [0.15, 0.2) is 31.7 Å². The molecule has 1 N–H and O–H groups in total. The second-order valence-corrected chi connectivity index (χ2v) is 21.0. The first-order valence-corrected chi connectivity index (χ1v) is 18.9. The maximum atomic E-state index is 14.8. The van der Waals surface area contributed by atoms with Crippen molar-refractivity contribution in [2.45, 2.75) is 122 Å². The van der Waals surface area contributed by atoms with Crippen LogP contribution in [0.3, 0.4) is 0 Å². The van der Waals surface area contributed by atoms with Crippen molar-refractivity contribution in [3.8, 4) is 0 Å². The minimum atomic E-state index is -3.17. The Morgan fingerprint density at radius 2 is 1.82 bits per heavy atom. The van der Waals surface area contributed by atoms with Crippen LogP contribution in [-0.4, -0.2) is 29.1 Å². The summed E-state index contributed by atoms with van der Waals surface area (Å²) in [6.07, 6.45) is 8.40. The topological polar surface area (TPSA) is 79.9 Å². The molecule has 1 unspecified atom stereocenters. The van der Waals surface area contributed by atoms with Gasteiger partial charge in [0.25, 0.3) is 0 Å². The number of Topliss-reactive ketones (excluding diaryl/α,β-unsaturated/α-hetero) is 1. The van der Waals surface area contributed by atoms with Crippen molar-refractivity contribution >= 4 is 23.7 Å². The Balaban J connectivity index is 1.73. The summed E-state index contributed by atoms with van der Waals surface area (Å²) >= 11 is 0. The van der Waals surface area contributed by atoms with Crippen LogP contribution in [-0.2, 0) is 45.8 Å². The maximum Gasteiger partial charge on any atom is 0.198 e. The zero-order chi connectivity index (χ0) is 28.1. The molecule has 1 saturated carbocycles. The number of fused-ring (bicyclic) bond motifs is 1. The fourth-order valence-corrected chi connectivity index (χ4v) is 11.5. The lowest BCUT2D eigenvalue weighted by Gasteiger charge is -2.33. The minimum Gasteiger partial charge on any atom is -0.451 e. The number of rotatable bonds is 9. The third-order valence-electron chi connectivity index (χ3n) is 9.04. The van der Waals surface area contributed by atoms with Crippen LogP contribution >= 0.6 is 0 Å². The predicted molar refractivity (Wildman–Crippen MR) is 158 cm³/mol. The average molecular weight is 558 g/mol. The van der Waals surface area contributed by atoms with Crippen molar-refractivity contribution in [2.24, 2.45) is 9.95 Å². The van der Waals surface area contributed by atoms with Gasteiger partial charge in [0.15, 0.2) is 19.1 Å². The van der Waals surface area contributed by atoms with Gasteiger partial charge in [0.05, 0.1) is 11.4 Å². The molecule has 210 valence electrons. The van der Waals surface area contributed by atoms with E-state index < -0.39 is 23.6 Å². The molecule has 1 heterocycles. The summed E-state index contributed by atoms with van der Waals surface area (Å²) in [4.78, 5) is 13.8. The number of hydrogen-bond acceptors (Lipinski definition) is 5. The molecule has 0 saturated heterocycles. The molecule has 0 aliphatic heterocycles. The fourth-order valence-electron chi connectivity index (χ4n) is 5.55. The van der Waals surface area contributed by atoms with E-state index in [2.05, 4.69) is 46.0 Å². The van der Waals surface area contributed by atoms with E-state index >= 15 is 0 Å². The number of furan rings is 1. The zero-order valence-electron chi connectivity index (χ0n) is 24.7. The highest BCUT2D eigenvalue weighted by Gasteiger charge is 2.39. The van der Waals surface area contributed by atoms with E-state index in [-0.39, 0.29) is 21.7 Å². The zero-order valence-corrected chi connectivity index (χ0v) is 26.5. The monoisotopic (exact) mass is 557 g/mol. The summed E-state index contributed by atoms with van der Waals surface area (Å²) in [6.45, 7) is 15.7. The Morgan fingerprint density at radius 3 is 2.37 bits per heavy atom. The van der Waals surface area contributed by atoms with Crippen molar-refractivity contribution in [1.82, 2.24) is 0 Å². The van der Waals surface area contributed by atoms with Crippen LogP contribution in [0, 0.1) is 12.8 Å². The number of carbonyl (C=O) groups is 1. The maximum absolute atomic E-state index is 14.8. The minimum absolute atomic E-state index is 0.0496. The van der Waals surface area contributed by atoms with Crippen LogP contribution < -0.4 is 0 Å². The lowest BCUT2D eigenvalue weighted by Crippen LogP contribution is -2.37. The van der Waals surface area contributed by atoms with Gasteiger partial charge < -0.3 is 9.52 Å². The smallest absolute Gasteiger partial charge is 0.198 e. The quantitative estimate of drug-likeness (QED) is 0.328. The number of carbonyl (C=O) groups excluding carboxylic acids is 1. The molecule has 1 fully saturated rings. The van der Waals surface area contributed by atoms with Crippen molar-refractivity contribution in [2.75, 3.05) is 5.75 Å². The molecule has 1 aromatic carbocycles. The van der Waals surface area contributed by atoms with Crippen molar-refractivity contribution < 1.29 is 18.5 Å². The standard InChI is InChI=1S/C31H47NO4SSi/c1-21-28(31(5,6)34)19-29(36-21)37(35,32-38(7,8)30(2,3)4)20-25(33)18-27-24(17-22-11-9-12-22)16-15-23-13-10-14-26(23)27/h15-16,19,22,34H,9-14,17-18,20H2,1-8H3. The number of ketones is 1. The third-order valence-corrected chi connectivity index (χ3v) is 17.3. The highest BCUT2D eigenvalue weighted by Crippen LogP contribution is 2.40. The summed E-state index contributed by atoms with van der Waals surface area (Å²) < 4.78 is 25.8. The summed E-state index contributed by atoms with van der Waals surface area (Å²) in [5.74, 6) is 1.02. The molecule has 2 aliphatic rings. The Morgan fingerprint density at radius 1 is 1.13 bits per heavy atom. The molecule has 0 amide bonds.